The van der Waals surface area contributed by atoms with Crippen molar-refractivity contribution < 1.29 is 37.7 Å². The maximum absolute atomic E-state index is 13.6. The van der Waals surface area contributed by atoms with Crippen molar-refractivity contribution in [2.24, 2.45) is 0 Å². The SMILES string of the molecule is COc1cccc(OC)c1C(=O)N1CCC2(CC1)OCC(C(=O)NCC1CCCO1)N2C(=O)c1ccco1. The lowest BCUT2D eigenvalue weighted by molar-refractivity contribution is -0.128. The number of carbonyl (C=O) groups is 3. The molecule has 1 spiro atoms. The molecule has 0 radical (unpaired) electrons. The molecule has 3 saturated heterocycles. The first-order valence-corrected chi connectivity index (χ1v) is 12.9. The molecule has 3 amide bonds. The van der Waals surface area contributed by atoms with Crippen molar-refractivity contribution in [3.63, 3.8) is 0 Å². The molecule has 2 atom stereocenters. The Hall–Kier alpha value is -3.57. The molecule has 11 heteroatoms. The lowest BCUT2D eigenvalue weighted by atomic mass is 9.96. The third-order valence-electron chi connectivity index (χ3n) is 7.52. The van der Waals surface area contributed by atoms with Crippen LogP contribution < -0.4 is 14.8 Å². The zero-order valence-electron chi connectivity index (χ0n) is 21.6. The fourth-order valence-electron chi connectivity index (χ4n) is 5.50. The van der Waals surface area contributed by atoms with Gasteiger partial charge in [0, 0.05) is 39.1 Å². The standard InChI is InChI=1S/C27H33N3O8/c1-34-20-7-3-8-21(35-2)23(20)26(33)29-12-10-27(11-13-29)30(25(32)22-9-5-15-37-22)19(17-38-27)24(31)28-16-18-6-4-14-36-18/h3,5,7-9,15,18-19H,4,6,10-14,16-17H2,1-2H3,(H,28,31). The van der Waals surface area contributed by atoms with Gasteiger partial charge < -0.3 is 33.6 Å². The van der Waals surface area contributed by atoms with Crippen LogP contribution in [0, 0.1) is 0 Å². The first-order chi connectivity index (χ1) is 18.5. The van der Waals surface area contributed by atoms with Gasteiger partial charge in [0.15, 0.2) is 5.76 Å². The summed E-state index contributed by atoms with van der Waals surface area (Å²) >= 11 is 0. The van der Waals surface area contributed by atoms with Crippen molar-refractivity contribution in [3.05, 3.63) is 47.9 Å². The highest BCUT2D eigenvalue weighted by atomic mass is 16.5. The number of nitrogens with one attached hydrogen (secondary N) is 1. The number of piperidine rings is 1. The maximum Gasteiger partial charge on any atom is 0.292 e. The van der Waals surface area contributed by atoms with E-state index in [-0.39, 0.29) is 30.3 Å². The molecule has 0 saturated carbocycles. The van der Waals surface area contributed by atoms with Crippen LogP contribution in [-0.2, 0) is 14.3 Å². The molecule has 1 aromatic carbocycles. The summed E-state index contributed by atoms with van der Waals surface area (Å²) in [6, 6.07) is 7.56. The van der Waals surface area contributed by atoms with Gasteiger partial charge >= 0.3 is 0 Å². The molecule has 4 heterocycles. The van der Waals surface area contributed by atoms with E-state index in [2.05, 4.69) is 5.32 Å². The van der Waals surface area contributed by atoms with Crippen LogP contribution in [0.3, 0.4) is 0 Å². The highest BCUT2D eigenvalue weighted by Crippen LogP contribution is 2.40. The summed E-state index contributed by atoms with van der Waals surface area (Å²) in [4.78, 5) is 43.5. The lowest BCUT2D eigenvalue weighted by Crippen LogP contribution is -2.60. The van der Waals surface area contributed by atoms with E-state index < -0.39 is 17.7 Å². The first kappa shape index (κ1) is 26.1. The van der Waals surface area contributed by atoms with Gasteiger partial charge in [0.2, 0.25) is 5.91 Å². The van der Waals surface area contributed by atoms with E-state index >= 15 is 0 Å². The molecule has 38 heavy (non-hydrogen) atoms. The Kier molecular flexibility index (Phi) is 7.57. The molecule has 204 valence electrons. The Bertz CT molecular complexity index is 1130. The second-order valence-electron chi connectivity index (χ2n) is 9.64. The molecular formula is C27H33N3O8. The molecule has 0 aliphatic carbocycles. The predicted octanol–water partition coefficient (Wildman–Crippen LogP) is 2.07. The van der Waals surface area contributed by atoms with Gasteiger partial charge in [0.05, 0.1) is 33.2 Å². The van der Waals surface area contributed by atoms with E-state index in [1.54, 1.807) is 35.2 Å². The van der Waals surface area contributed by atoms with Crippen molar-refractivity contribution in [3.8, 4) is 11.5 Å². The first-order valence-electron chi connectivity index (χ1n) is 12.9. The molecular weight excluding hydrogens is 494 g/mol. The number of amides is 3. The van der Waals surface area contributed by atoms with E-state index in [0.717, 1.165) is 12.8 Å². The van der Waals surface area contributed by atoms with Crippen molar-refractivity contribution >= 4 is 17.7 Å². The van der Waals surface area contributed by atoms with Gasteiger partial charge in [-0.2, -0.15) is 0 Å². The molecule has 3 fully saturated rings. The lowest BCUT2D eigenvalue weighted by Gasteiger charge is -2.44. The number of likely N-dealkylation sites (tertiary alicyclic amines) is 1. The normalized spacial score (nSPS) is 22.5. The molecule has 2 aromatic rings. The van der Waals surface area contributed by atoms with Crippen LogP contribution >= 0.6 is 0 Å². The number of nitrogens with zero attached hydrogens (tertiary/aromatic N) is 2. The Morgan fingerprint density at radius 3 is 2.39 bits per heavy atom. The molecule has 5 rings (SSSR count). The summed E-state index contributed by atoms with van der Waals surface area (Å²) in [5.74, 6) is 0.0187. The highest BCUT2D eigenvalue weighted by molar-refractivity contribution is 6.00. The maximum atomic E-state index is 13.6. The van der Waals surface area contributed by atoms with E-state index in [1.165, 1.54) is 25.4 Å². The van der Waals surface area contributed by atoms with E-state index in [4.69, 9.17) is 23.4 Å². The minimum Gasteiger partial charge on any atom is -0.496 e. The topological polar surface area (TPSA) is 120 Å². The van der Waals surface area contributed by atoms with Gasteiger partial charge in [-0.3, -0.25) is 19.3 Å². The zero-order chi connectivity index (χ0) is 26.7. The molecule has 1 aromatic heterocycles. The molecule has 1 N–H and O–H groups in total. The number of rotatable bonds is 7. The Morgan fingerprint density at radius 2 is 1.79 bits per heavy atom. The second kappa shape index (κ2) is 11.0. The van der Waals surface area contributed by atoms with Crippen LogP contribution in [0.25, 0.3) is 0 Å². The smallest absolute Gasteiger partial charge is 0.292 e. The van der Waals surface area contributed by atoms with Gasteiger partial charge in [-0.25, -0.2) is 0 Å². The molecule has 3 aliphatic rings. The van der Waals surface area contributed by atoms with Crippen LogP contribution in [0.4, 0.5) is 0 Å². The average Bonchev–Trinajstić information content (AvgIpc) is 3.73. The number of methoxy groups -OCH3 is 2. The third-order valence-corrected chi connectivity index (χ3v) is 7.52. The van der Waals surface area contributed by atoms with Crippen LogP contribution in [0.2, 0.25) is 0 Å². The van der Waals surface area contributed by atoms with Crippen LogP contribution in [-0.4, -0.2) is 92.5 Å². The fraction of sp³-hybridized carbons (Fsp3) is 0.519. The number of ether oxygens (including phenoxy) is 4. The van der Waals surface area contributed by atoms with Crippen LogP contribution in [0.1, 0.15) is 46.6 Å². The van der Waals surface area contributed by atoms with Gasteiger partial charge in [0.1, 0.15) is 28.8 Å². The largest absolute Gasteiger partial charge is 0.496 e. The Labute approximate surface area is 220 Å². The van der Waals surface area contributed by atoms with Gasteiger partial charge in [-0.15, -0.1) is 0 Å². The number of furan rings is 1. The number of benzene rings is 1. The predicted molar refractivity (Wildman–Crippen MR) is 134 cm³/mol. The van der Waals surface area contributed by atoms with Crippen molar-refractivity contribution in [1.82, 2.24) is 15.1 Å². The average molecular weight is 528 g/mol. The Morgan fingerprint density at radius 1 is 1.05 bits per heavy atom. The zero-order valence-corrected chi connectivity index (χ0v) is 21.6. The minimum absolute atomic E-state index is 0.0225. The molecule has 3 aliphatic heterocycles. The monoisotopic (exact) mass is 527 g/mol. The molecule has 11 nitrogen and oxygen atoms in total. The van der Waals surface area contributed by atoms with Gasteiger partial charge in [0.25, 0.3) is 11.8 Å². The summed E-state index contributed by atoms with van der Waals surface area (Å²) in [6.45, 7) is 1.75. The summed E-state index contributed by atoms with van der Waals surface area (Å²) in [5, 5.41) is 2.93. The quantitative estimate of drug-likeness (QED) is 0.581. The molecule has 2 unspecified atom stereocenters. The van der Waals surface area contributed by atoms with E-state index in [9.17, 15) is 14.4 Å². The number of hydrogen-bond donors (Lipinski definition) is 1. The van der Waals surface area contributed by atoms with Crippen LogP contribution in [0.15, 0.2) is 41.0 Å². The van der Waals surface area contributed by atoms with Gasteiger partial charge in [-0.1, -0.05) is 6.07 Å². The fourth-order valence-corrected chi connectivity index (χ4v) is 5.50. The van der Waals surface area contributed by atoms with Crippen molar-refractivity contribution in [1.29, 1.82) is 0 Å². The number of carbonyl (C=O) groups excluding carboxylic acids is 3. The summed E-state index contributed by atoms with van der Waals surface area (Å²) in [7, 11) is 3.01. The minimum atomic E-state index is -1.04. The molecule has 0 bridgehead atoms. The highest BCUT2D eigenvalue weighted by Gasteiger charge is 2.55. The Balaban J connectivity index is 1.34. The summed E-state index contributed by atoms with van der Waals surface area (Å²) in [5.41, 5.74) is -0.701. The third kappa shape index (κ3) is 4.83. The van der Waals surface area contributed by atoms with Crippen LogP contribution in [0.5, 0.6) is 11.5 Å². The van der Waals surface area contributed by atoms with Crippen molar-refractivity contribution in [2.75, 3.05) is 47.1 Å². The van der Waals surface area contributed by atoms with E-state index in [0.29, 0.717) is 56.1 Å². The van der Waals surface area contributed by atoms with Crippen molar-refractivity contribution in [2.45, 2.75) is 43.6 Å². The van der Waals surface area contributed by atoms with Gasteiger partial charge in [-0.05, 0) is 37.1 Å². The number of hydrogen-bond acceptors (Lipinski definition) is 8. The second-order valence-corrected chi connectivity index (χ2v) is 9.64. The summed E-state index contributed by atoms with van der Waals surface area (Å²) < 4.78 is 28.1. The van der Waals surface area contributed by atoms with E-state index in [1.807, 2.05) is 0 Å². The summed E-state index contributed by atoms with van der Waals surface area (Å²) in [6.07, 6.45) is 3.92.